The summed E-state index contributed by atoms with van der Waals surface area (Å²) in [6.07, 6.45) is 1.01. The molecule has 3 rings (SSSR count). The van der Waals surface area contributed by atoms with Crippen LogP contribution >= 0.6 is 0 Å². The summed E-state index contributed by atoms with van der Waals surface area (Å²) in [5.41, 5.74) is 4.47. The molecule has 3 heteroatoms. The summed E-state index contributed by atoms with van der Waals surface area (Å²) >= 11 is 0. The second-order valence-corrected chi connectivity index (χ2v) is 5.65. The zero-order chi connectivity index (χ0) is 14.8. The molecular formula is C18H21FN2. The van der Waals surface area contributed by atoms with Crippen LogP contribution in [0.3, 0.4) is 0 Å². The minimum Gasteiger partial charge on any atom is -0.338 e. The minimum absolute atomic E-state index is 0.169. The number of para-hydroxylation sites is 1. The lowest BCUT2D eigenvalue weighted by Crippen LogP contribution is -2.24. The summed E-state index contributed by atoms with van der Waals surface area (Å²) in [5.74, 6) is -0.169. The van der Waals surface area contributed by atoms with E-state index in [1.807, 2.05) is 6.07 Å². The molecule has 0 fully saturated rings. The molecule has 1 atom stereocenters. The monoisotopic (exact) mass is 284 g/mol. The number of benzene rings is 2. The van der Waals surface area contributed by atoms with Crippen LogP contribution in [0, 0.1) is 5.82 Å². The van der Waals surface area contributed by atoms with Gasteiger partial charge >= 0.3 is 0 Å². The van der Waals surface area contributed by atoms with Crippen LogP contribution in [-0.4, -0.2) is 12.6 Å². The normalized spacial score (nSPS) is 17.1. The maximum Gasteiger partial charge on any atom is 0.125 e. The second kappa shape index (κ2) is 5.86. The van der Waals surface area contributed by atoms with Gasteiger partial charge in [-0.2, -0.15) is 0 Å². The van der Waals surface area contributed by atoms with E-state index in [9.17, 15) is 4.39 Å². The van der Waals surface area contributed by atoms with Gasteiger partial charge in [0, 0.05) is 24.0 Å². The molecule has 0 aromatic heterocycles. The third-order valence-electron chi connectivity index (χ3n) is 4.01. The largest absolute Gasteiger partial charge is 0.338 e. The molecule has 0 saturated carbocycles. The van der Waals surface area contributed by atoms with Crippen LogP contribution < -0.4 is 10.2 Å². The molecule has 110 valence electrons. The number of nitrogens with zero attached hydrogens (tertiary/aromatic N) is 1. The number of hydrogen-bond donors (Lipinski definition) is 1. The first-order valence-corrected chi connectivity index (χ1v) is 7.56. The van der Waals surface area contributed by atoms with Gasteiger partial charge in [0.15, 0.2) is 0 Å². The smallest absolute Gasteiger partial charge is 0.125 e. The summed E-state index contributed by atoms with van der Waals surface area (Å²) < 4.78 is 14.0. The van der Waals surface area contributed by atoms with Crippen molar-refractivity contribution in [2.24, 2.45) is 0 Å². The van der Waals surface area contributed by atoms with Gasteiger partial charge in [-0.3, -0.25) is 0 Å². The number of anilines is 2. The zero-order valence-electron chi connectivity index (χ0n) is 12.6. The molecule has 1 unspecified atom stereocenters. The van der Waals surface area contributed by atoms with Crippen molar-refractivity contribution in [1.29, 1.82) is 0 Å². The van der Waals surface area contributed by atoms with Crippen molar-refractivity contribution in [3.05, 3.63) is 59.4 Å². The fraction of sp³-hybridized carbons (Fsp3) is 0.333. The van der Waals surface area contributed by atoms with E-state index in [0.717, 1.165) is 24.2 Å². The molecular weight excluding hydrogens is 263 g/mol. The first-order chi connectivity index (χ1) is 10.2. The van der Waals surface area contributed by atoms with Crippen molar-refractivity contribution >= 4 is 11.4 Å². The Kier molecular flexibility index (Phi) is 3.93. The van der Waals surface area contributed by atoms with Crippen molar-refractivity contribution in [1.82, 2.24) is 5.32 Å². The molecule has 2 aromatic rings. The van der Waals surface area contributed by atoms with Crippen molar-refractivity contribution in [2.45, 2.75) is 32.9 Å². The van der Waals surface area contributed by atoms with Crippen molar-refractivity contribution in [3.8, 4) is 0 Å². The summed E-state index contributed by atoms with van der Waals surface area (Å²) in [4.78, 5) is 2.24. The van der Waals surface area contributed by atoms with Crippen LogP contribution in [0.2, 0.25) is 0 Å². The van der Waals surface area contributed by atoms with E-state index in [2.05, 4.69) is 48.3 Å². The van der Waals surface area contributed by atoms with E-state index >= 15 is 0 Å². The average molecular weight is 284 g/mol. The van der Waals surface area contributed by atoms with Crippen LogP contribution in [0.5, 0.6) is 0 Å². The molecule has 0 radical (unpaired) electrons. The van der Waals surface area contributed by atoms with Crippen molar-refractivity contribution in [2.75, 3.05) is 11.4 Å². The Bertz CT molecular complexity index is 639. The molecule has 1 heterocycles. The molecule has 2 aromatic carbocycles. The Morgan fingerprint density at radius 2 is 2.05 bits per heavy atom. The summed E-state index contributed by atoms with van der Waals surface area (Å²) in [7, 11) is 0. The Morgan fingerprint density at radius 3 is 2.86 bits per heavy atom. The highest BCUT2D eigenvalue weighted by Gasteiger charge is 2.27. The minimum atomic E-state index is -0.169. The average Bonchev–Trinajstić information content (AvgIpc) is 2.80. The molecule has 1 aliphatic heterocycles. The van der Waals surface area contributed by atoms with E-state index in [1.54, 1.807) is 12.1 Å². The Morgan fingerprint density at radius 1 is 1.24 bits per heavy atom. The highest BCUT2D eigenvalue weighted by atomic mass is 19.1. The van der Waals surface area contributed by atoms with Crippen LogP contribution in [-0.2, 0) is 13.0 Å². The van der Waals surface area contributed by atoms with Gasteiger partial charge in [0.05, 0.1) is 0 Å². The lowest BCUT2D eigenvalue weighted by molar-refractivity contribution is 0.620. The van der Waals surface area contributed by atoms with Gasteiger partial charge in [-0.15, -0.1) is 0 Å². The molecule has 0 amide bonds. The Hall–Kier alpha value is -1.87. The van der Waals surface area contributed by atoms with Crippen LogP contribution in [0.25, 0.3) is 0 Å². The first kappa shape index (κ1) is 14.1. The van der Waals surface area contributed by atoms with E-state index in [0.29, 0.717) is 12.6 Å². The third-order valence-corrected chi connectivity index (χ3v) is 4.01. The Balaban J connectivity index is 1.98. The lowest BCUT2D eigenvalue weighted by Gasteiger charge is -2.25. The number of halogens is 1. The van der Waals surface area contributed by atoms with Crippen LogP contribution in [0.4, 0.5) is 15.8 Å². The molecule has 1 N–H and O–H groups in total. The standard InChI is InChI=1S/C18H21FN2/c1-3-20-12-14-9-16(19)11-17(10-14)21-13(2)8-15-6-4-5-7-18(15)21/h4-7,9-11,13,20H,3,8,12H2,1-2H3. The van der Waals surface area contributed by atoms with Crippen molar-refractivity contribution < 1.29 is 4.39 Å². The predicted molar refractivity (Wildman–Crippen MR) is 85.5 cm³/mol. The molecule has 0 aliphatic carbocycles. The SMILES string of the molecule is CCNCc1cc(F)cc(N2c3ccccc3CC2C)c1. The second-order valence-electron chi connectivity index (χ2n) is 5.65. The van der Waals surface area contributed by atoms with Gasteiger partial charge in [-0.25, -0.2) is 4.39 Å². The number of nitrogens with one attached hydrogen (secondary N) is 1. The molecule has 0 saturated heterocycles. The van der Waals surface area contributed by atoms with Crippen molar-refractivity contribution in [3.63, 3.8) is 0 Å². The highest BCUT2D eigenvalue weighted by Crippen LogP contribution is 2.38. The maximum atomic E-state index is 14.0. The Labute approximate surface area is 125 Å². The van der Waals surface area contributed by atoms with Crippen LogP contribution in [0.15, 0.2) is 42.5 Å². The van der Waals surface area contributed by atoms with Gasteiger partial charge in [-0.1, -0.05) is 25.1 Å². The van der Waals surface area contributed by atoms with E-state index in [-0.39, 0.29) is 5.82 Å². The number of fused-ring (bicyclic) bond motifs is 1. The summed E-state index contributed by atoms with van der Waals surface area (Å²) in [6.45, 7) is 5.83. The zero-order valence-corrected chi connectivity index (χ0v) is 12.6. The highest BCUT2D eigenvalue weighted by molar-refractivity contribution is 5.71. The summed E-state index contributed by atoms with van der Waals surface area (Å²) in [5, 5.41) is 3.25. The van der Waals surface area contributed by atoms with E-state index in [4.69, 9.17) is 0 Å². The summed E-state index contributed by atoms with van der Waals surface area (Å²) in [6, 6.07) is 14.1. The lowest BCUT2D eigenvalue weighted by atomic mass is 10.1. The van der Waals surface area contributed by atoms with E-state index < -0.39 is 0 Å². The van der Waals surface area contributed by atoms with Gasteiger partial charge in [0.25, 0.3) is 0 Å². The quantitative estimate of drug-likeness (QED) is 0.912. The van der Waals surface area contributed by atoms with Gasteiger partial charge in [-0.05, 0) is 55.3 Å². The van der Waals surface area contributed by atoms with Crippen LogP contribution in [0.1, 0.15) is 25.0 Å². The number of hydrogen-bond acceptors (Lipinski definition) is 2. The van der Waals surface area contributed by atoms with Gasteiger partial charge in [0.2, 0.25) is 0 Å². The van der Waals surface area contributed by atoms with Gasteiger partial charge in [0.1, 0.15) is 5.82 Å². The molecule has 2 nitrogen and oxygen atoms in total. The number of rotatable bonds is 4. The van der Waals surface area contributed by atoms with E-state index in [1.165, 1.54) is 11.3 Å². The fourth-order valence-electron chi connectivity index (χ4n) is 3.10. The molecule has 0 bridgehead atoms. The third kappa shape index (κ3) is 2.79. The fourth-order valence-corrected chi connectivity index (χ4v) is 3.10. The maximum absolute atomic E-state index is 14.0. The molecule has 0 spiro atoms. The first-order valence-electron chi connectivity index (χ1n) is 7.56. The molecule has 21 heavy (non-hydrogen) atoms. The topological polar surface area (TPSA) is 15.3 Å². The van der Waals surface area contributed by atoms with Gasteiger partial charge < -0.3 is 10.2 Å². The predicted octanol–water partition coefficient (Wildman–Crippen LogP) is 4.02. The molecule has 1 aliphatic rings.